The van der Waals surface area contributed by atoms with Crippen LogP contribution < -0.4 is 10.5 Å². The average molecular weight is 311 g/mol. The summed E-state index contributed by atoms with van der Waals surface area (Å²) in [5.41, 5.74) is 7.26. The summed E-state index contributed by atoms with van der Waals surface area (Å²) in [4.78, 5) is 4.15. The number of ether oxygens (including phenoxy) is 1. The van der Waals surface area contributed by atoms with Gasteiger partial charge in [0.1, 0.15) is 17.3 Å². The predicted octanol–water partition coefficient (Wildman–Crippen LogP) is 3.54. The fraction of sp³-hybridized carbons (Fsp3) is 0.154. The molecule has 0 aliphatic carbocycles. The highest BCUT2D eigenvalue weighted by Gasteiger charge is 2.07. The first-order valence-corrected chi connectivity index (χ1v) is 6.18. The fourth-order valence-electron chi connectivity index (χ4n) is 1.48. The van der Waals surface area contributed by atoms with E-state index < -0.39 is 0 Å². The number of aromatic nitrogens is 1. The van der Waals surface area contributed by atoms with E-state index in [4.69, 9.17) is 10.5 Å². The Kier molecular flexibility index (Phi) is 3.93. The van der Waals surface area contributed by atoms with Crippen LogP contribution in [0.3, 0.4) is 0 Å². The maximum absolute atomic E-state index is 13.1. The molecule has 0 saturated heterocycles. The lowest BCUT2D eigenvalue weighted by molar-refractivity contribution is 0.472. The van der Waals surface area contributed by atoms with Gasteiger partial charge in [-0.05, 0) is 41.1 Å². The predicted molar refractivity (Wildman–Crippen MR) is 71.0 cm³/mol. The molecule has 0 aliphatic heterocycles. The molecule has 18 heavy (non-hydrogen) atoms. The van der Waals surface area contributed by atoms with Crippen molar-refractivity contribution >= 4 is 15.9 Å². The summed E-state index contributed by atoms with van der Waals surface area (Å²) in [6, 6.07) is 6.29. The van der Waals surface area contributed by atoms with E-state index in [1.807, 2.05) is 6.92 Å². The van der Waals surface area contributed by atoms with Crippen molar-refractivity contribution in [3.63, 3.8) is 0 Å². The maximum Gasteiger partial charge on any atom is 0.137 e. The SMILES string of the molecule is Cc1cc(Oc2ccc(F)c(Br)c2)c(CN)cn1. The van der Waals surface area contributed by atoms with Gasteiger partial charge in [0.2, 0.25) is 0 Å². The lowest BCUT2D eigenvalue weighted by Gasteiger charge is -2.10. The Morgan fingerprint density at radius 2 is 2.17 bits per heavy atom. The average Bonchev–Trinajstić information content (AvgIpc) is 2.34. The number of nitrogens with zero attached hydrogens (tertiary/aromatic N) is 1. The van der Waals surface area contributed by atoms with Gasteiger partial charge in [-0.25, -0.2) is 4.39 Å². The van der Waals surface area contributed by atoms with Gasteiger partial charge >= 0.3 is 0 Å². The number of aryl methyl sites for hydroxylation is 1. The second kappa shape index (κ2) is 5.46. The summed E-state index contributed by atoms with van der Waals surface area (Å²) in [5, 5.41) is 0. The van der Waals surface area contributed by atoms with Gasteiger partial charge < -0.3 is 10.5 Å². The molecule has 0 saturated carbocycles. The molecule has 3 nitrogen and oxygen atoms in total. The van der Waals surface area contributed by atoms with Crippen molar-refractivity contribution in [1.29, 1.82) is 0 Å². The molecule has 2 N–H and O–H groups in total. The van der Waals surface area contributed by atoms with Gasteiger partial charge in [0.15, 0.2) is 0 Å². The molecular weight excluding hydrogens is 299 g/mol. The molecule has 5 heteroatoms. The van der Waals surface area contributed by atoms with Gasteiger partial charge in [0.05, 0.1) is 4.47 Å². The standard InChI is InChI=1S/C13H12BrFN2O/c1-8-4-13(9(6-16)7-17-8)18-10-2-3-12(15)11(14)5-10/h2-5,7H,6,16H2,1H3. The Labute approximate surface area is 113 Å². The topological polar surface area (TPSA) is 48.1 Å². The summed E-state index contributed by atoms with van der Waals surface area (Å²) in [5.74, 6) is 0.861. The summed E-state index contributed by atoms with van der Waals surface area (Å²) < 4.78 is 19.2. The third kappa shape index (κ3) is 2.86. The zero-order chi connectivity index (χ0) is 13.1. The second-order valence-corrected chi connectivity index (χ2v) is 4.67. The Hall–Kier alpha value is -1.46. The van der Waals surface area contributed by atoms with Crippen molar-refractivity contribution in [1.82, 2.24) is 4.98 Å². The molecule has 1 heterocycles. The minimum atomic E-state index is -0.327. The molecule has 0 atom stereocenters. The first-order valence-electron chi connectivity index (χ1n) is 5.38. The highest BCUT2D eigenvalue weighted by molar-refractivity contribution is 9.10. The number of rotatable bonds is 3. The van der Waals surface area contributed by atoms with E-state index in [9.17, 15) is 4.39 Å². The molecule has 1 aromatic carbocycles. The number of hydrogen-bond acceptors (Lipinski definition) is 3. The van der Waals surface area contributed by atoms with Crippen LogP contribution in [0.4, 0.5) is 4.39 Å². The van der Waals surface area contributed by atoms with Crippen molar-refractivity contribution in [3.8, 4) is 11.5 Å². The van der Waals surface area contributed by atoms with Crippen molar-refractivity contribution in [2.75, 3.05) is 0 Å². The van der Waals surface area contributed by atoms with Crippen LogP contribution in [0.5, 0.6) is 11.5 Å². The van der Waals surface area contributed by atoms with E-state index in [0.717, 1.165) is 11.3 Å². The largest absolute Gasteiger partial charge is 0.457 e. The first kappa shape index (κ1) is 13.0. The Morgan fingerprint density at radius 3 is 2.83 bits per heavy atom. The number of nitrogens with two attached hydrogens (primary N) is 1. The number of hydrogen-bond donors (Lipinski definition) is 1. The molecule has 2 rings (SSSR count). The van der Waals surface area contributed by atoms with E-state index in [2.05, 4.69) is 20.9 Å². The van der Waals surface area contributed by atoms with Crippen molar-refractivity contribution in [3.05, 3.63) is 52.0 Å². The molecule has 1 aromatic heterocycles. The first-order chi connectivity index (χ1) is 8.60. The quantitative estimate of drug-likeness (QED) is 0.943. The van der Waals surface area contributed by atoms with Gasteiger partial charge in [-0.1, -0.05) is 0 Å². The molecule has 0 radical (unpaired) electrons. The minimum absolute atomic E-state index is 0.327. The third-order valence-electron chi connectivity index (χ3n) is 2.42. The zero-order valence-corrected chi connectivity index (χ0v) is 11.4. The van der Waals surface area contributed by atoms with Gasteiger partial charge in [0, 0.05) is 30.1 Å². The lowest BCUT2D eigenvalue weighted by atomic mass is 10.2. The summed E-state index contributed by atoms with van der Waals surface area (Å²) in [6.45, 7) is 2.21. The Bertz CT molecular complexity index is 575. The van der Waals surface area contributed by atoms with Gasteiger partial charge in [-0.15, -0.1) is 0 Å². The summed E-state index contributed by atoms with van der Waals surface area (Å²) in [6.07, 6.45) is 1.68. The molecule has 0 bridgehead atoms. The van der Waals surface area contributed by atoms with E-state index in [1.165, 1.54) is 6.07 Å². The Balaban J connectivity index is 2.33. The van der Waals surface area contributed by atoms with Gasteiger partial charge in [0.25, 0.3) is 0 Å². The van der Waals surface area contributed by atoms with Crippen molar-refractivity contribution in [2.45, 2.75) is 13.5 Å². The number of benzene rings is 1. The lowest BCUT2D eigenvalue weighted by Crippen LogP contribution is -2.01. The maximum atomic E-state index is 13.1. The third-order valence-corrected chi connectivity index (χ3v) is 3.03. The minimum Gasteiger partial charge on any atom is -0.457 e. The van der Waals surface area contributed by atoms with Crippen molar-refractivity contribution < 1.29 is 9.13 Å². The van der Waals surface area contributed by atoms with Gasteiger partial charge in [-0.2, -0.15) is 0 Å². The molecule has 0 amide bonds. The van der Waals surface area contributed by atoms with Crippen LogP contribution >= 0.6 is 15.9 Å². The molecule has 0 unspecified atom stereocenters. The fourth-order valence-corrected chi connectivity index (χ4v) is 1.84. The van der Waals surface area contributed by atoms with Crippen LogP contribution in [0.2, 0.25) is 0 Å². The highest BCUT2D eigenvalue weighted by Crippen LogP contribution is 2.28. The van der Waals surface area contributed by atoms with Gasteiger partial charge in [-0.3, -0.25) is 4.98 Å². The number of pyridine rings is 1. The zero-order valence-electron chi connectivity index (χ0n) is 9.78. The van der Waals surface area contributed by atoms with E-state index in [1.54, 1.807) is 24.4 Å². The van der Waals surface area contributed by atoms with E-state index in [-0.39, 0.29) is 5.82 Å². The van der Waals surface area contributed by atoms with E-state index in [0.29, 0.717) is 22.5 Å². The van der Waals surface area contributed by atoms with Crippen LogP contribution in [-0.4, -0.2) is 4.98 Å². The molecule has 0 spiro atoms. The summed E-state index contributed by atoms with van der Waals surface area (Å²) in [7, 11) is 0. The molecule has 94 valence electrons. The second-order valence-electron chi connectivity index (χ2n) is 3.82. The van der Waals surface area contributed by atoms with Crippen LogP contribution in [0.15, 0.2) is 34.9 Å². The highest BCUT2D eigenvalue weighted by atomic mass is 79.9. The number of halogens is 2. The normalized spacial score (nSPS) is 10.4. The monoisotopic (exact) mass is 310 g/mol. The molecular formula is C13H12BrFN2O. The Morgan fingerprint density at radius 1 is 1.39 bits per heavy atom. The van der Waals surface area contributed by atoms with Crippen molar-refractivity contribution in [2.24, 2.45) is 5.73 Å². The van der Waals surface area contributed by atoms with Crippen LogP contribution in [-0.2, 0) is 6.54 Å². The summed E-state index contributed by atoms with van der Waals surface area (Å²) >= 11 is 3.12. The van der Waals surface area contributed by atoms with Crippen LogP contribution in [0.25, 0.3) is 0 Å². The van der Waals surface area contributed by atoms with Crippen LogP contribution in [0.1, 0.15) is 11.3 Å². The molecule has 2 aromatic rings. The molecule has 0 aliphatic rings. The van der Waals surface area contributed by atoms with Crippen LogP contribution in [0, 0.1) is 12.7 Å². The van der Waals surface area contributed by atoms with E-state index >= 15 is 0 Å². The molecule has 0 fully saturated rings. The smallest absolute Gasteiger partial charge is 0.137 e.